The number of rotatable bonds is 17. The molecule has 310 valence electrons. The van der Waals surface area contributed by atoms with Gasteiger partial charge in [-0.15, -0.1) is 10.2 Å². The van der Waals surface area contributed by atoms with Gasteiger partial charge in [0, 0.05) is 0 Å². The second kappa shape index (κ2) is 16.7. The third-order valence-electron chi connectivity index (χ3n) is 7.16. The van der Waals surface area contributed by atoms with Crippen LogP contribution in [0.2, 0.25) is 0 Å². The maximum atomic E-state index is 12.6. The SMILES string of the molecule is COS(=O)(=O)OCCS(=O)(=O)c1ccc(/N=N/c2c(S(=O)(=O)O)cc3cc(S(=O)(=O)O)c(/N=N/c4ccc(S(=O)(=O)CCOS(=O)(=O)O)cc4)c(O)c3c2N)cc1. The summed E-state index contributed by atoms with van der Waals surface area (Å²) in [5.74, 6) is -2.75. The van der Waals surface area contributed by atoms with E-state index in [1.165, 1.54) is 0 Å². The van der Waals surface area contributed by atoms with Gasteiger partial charge >= 0.3 is 20.8 Å². The number of benzene rings is 4. The van der Waals surface area contributed by atoms with Gasteiger partial charge in [0.25, 0.3) is 20.2 Å². The Morgan fingerprint density at radius 2 is 1.00 bits per heavy atom. The molecule has 0 unspecified atom stereocenters. The minimum absolute atomic E-state index is 0.126. The van der Waals surface area contributed by atoms with E-state index in [9.17, 15) is 64.7 Å². The Morgan fingerprint density at radius 1 is 0.596 bits per heavy atom. The first kappa shape index (κ1) is 45.1. The van der Waals surface area contributed by atoms with Crippen LogP contribution in [0.3, 0.4) is 0 Å². The van der Waals surface area contributed by atoms with Gasteiger partial charge < -0.3 is 10.8 Å². The van der Waals surface area contributed by atoms with Crippen molar-refractivity contribution in [2.24, 2.45) is 20.5 Å². The first-order valence-electron chi connectivity index (χ1n) is 14.8. The number of fused-ring (bicyclic) bond motifs is 1. The summed E-state index contributed by atoms with van der Waals surface area (Å²) < 4.78 is 184. The van der Waals surface area contributed by atoms with Crippen molar-refractivity contribution in [1.82, 2.24) is 0 Å². The third-order valence-corrected chi connectivity index (χ3v) is 13.6. The molecule has 0 bridgehead atoms. The standard InChI is InChI=1S/C27H27N5O19S6/c1-49-57(47,48)51-11-13-53(36,37)20-6-2-17(3-7-20)29-31-25-21(54(38,39)40)14-16-15-22(55(41,42)43)26(27(33)23(16)24(25)28)32-30-18-4-8-19(9-5-18)52(34,35)12-10-50-56(44,45)46/h2-9,14-15,33H,10-13,28H2,1H3,(H,38,39,40)(H,41,42,43)(H,44,45,46)/b31-29+,32-30+. The number of sulfone groups is 2. The highest BCUT2D eigenvalue weighted by atomic mass is 32.3. The average Bonchev–Trinajstić information content (AvgIpc) is 3.09. The number of nitrogen functional groups attached to an aromatic ring is 1. The van der Waals surface area contributed by atoms with Crippen LogP contribution in [0.5, 0.6) is 5.75 Å². The molecule has 0 atom stereocenters. The topological polar surface area (TPSA) is 389 Å². The number of nitrogens with two attached hydrogens (primary N) is 1. The van der Waals surface area contributed by atoms with E-state index in [0.717, 1.165) is 55.6 Å². The summed E-state index contributed by atoms with van der Waals surface area (Å²) in [5.41, 5.74) is 3.37. The number of azo groups is 2. The molecule has 4 rings (SSSR count). The molecule has 0 aliphatic rings. The number of hydrogen-bond donors (Lipinski definition) is 5. The summed E-state index contributed by atoms with van der Waals surface area (Å²) in [7, 11) is -27.3. The Balaban J connectivity index is 1.74. The number of phenolic OH excluding ortho intramolecular Hbond substituents is 1. The van der Waals surface area contributed by atoms with Crippen molar-refractivity contribution < 1.29 is 81.8 Å². The fraction of sp³-hybridized carbons (Fsp3) is 0.185. The van der Waals surface area contributed by atoms with E-state index in [-0.39, 0.29) is 21.2 Å². The first-order chi connectivity index (χ1) is 26.1. The maximum Gasteiger partial charge on any atom is 0.399 e. The van der Waals surface area contributed by atoms with Crippen molar-refractivity contribution in [2.75, 3.05) is 37.6 Å². The molecule has 4 aromatic rings. The van der Waals surface area contributed by atoms with E-state index >= 15 is 0 Å². The molecule has 57 heavy (non-hydrogen) atoms. The number of hydrogen-bond acceptors (Lipinski definition) is 21. The van der Waals surface area contributed by atoms with E-state index in [0.29, 0.717) is 12.1 Å². The third kappa shape index (κ3) is 11.5. The lowest BCUT2D eigenvalue weighted by Gasteiger charge is -2.14. The van der Waals surface area contributed by atoms with Crippen LogP contribution < -0.4 is 5.73 Å². The van der Waals surface area contributed by atoms with Crippen molar-refractivity contribution in [3.63, 3.8) is 0 Å². The summed E-state index contributed by atoms with van der Waals surface area (Å²) in [6, 6.07) is 9.64. The molecule has 6 N–H and O–H groups in total. The number of nitrogens with zero attached hydrogens (tertiary/aromatic N) is 4. The number of aromatic hydroxyl groups is 1. The summed E-state index contributed by atoms with van der Waals surface area (Å²) in [4.78, 5) is -2.86. The molecule has 4 aromatic carbocycles. The molecule has 0 saturated carbocycles. The Morgan fingerprint density at radius 3 is 1.40 bits per heavy atom. The van der Waals surface area contributed by atoms with E-state index < -0.39 is 129 Å². The zero-order valence-corrected chi connectivity index (χ0v) is 33.2. The molecule has 0 radical (unpaired) electrons. The van der Waals surface area contributed by atoms with Crippen LogP contribution in [0, 0.1) is 0 Å². The first-order valence-corrected chi connectivity index (χ1v) is 23.7. The van der Waals surface area contributed by atoms with Gasteiger partial charge in [-0.3, -0.25) is 17.8 Å². The van der Waals surface area contributed by atoms with Crippen LogP contribution in [0.15, 0.2) is 101 Å². The van der Waals surface area contributed by atoms with Crippen LogP contribution in [-0.2, 0) is 73.3 Å². The molecule has 0 spiro atoms. The Labute approximate surface area is 324 Å². The Bertz CT molecular complexity index is 2960. The fourth-order valence-corrected chi connectivity index (χ4v) is 8.93. The second-order valence-corrected chi connectivity index (χ2v) is 20.4. The molecule has 0 heterocycles. The average molecular weight is 918 g/mol. The van der Waals surface area contributed by atoms with Crippen molar-refractivity contribution in [3.05, 3.63) is 60.7 Å². The van der Waals surface area contributed by atoms with Gasteiger partial charge in [-0.25, -0.2) is 25.2 Å². The monoisotopic (exact) mass is 917 g/mol. The number of phenols is 1. The molecule has 0 saturated heterocycles. The van der Waals surface area contributed by atoms with Gasteiger partial charge in [-0.2, -0.15) is 43.9 Å². The quantitative estimate of drug-likeness (QED) is 0.0577. The molecule has 24 nitrogen and oxygen atoms in total. The van der Waals surface area contributed by atoms with Gasteiger partial charge in [-0.1, -0.05) is 0 Å². The summed E-state index contributed by atoms with van der Waals surface area (Å²) in [5, 5.41) is 25.1. The smallest absolute Gasteiger partial charge is 0.399 e. The highest BCUT2D eigenvalue weighted by Gasteiger charge is 2.28. The van der Waals surface area contributed by atoms with Gasteiger partial charge in [0.15, 0.2) is 25.4 Å². The van der Waals surface area contributed by atoms with Gasteiger partial charge in [-0.05, 0) is 66.0 Å². The van der Waals surface area contributed by atoms with Crippen molar-refractivity contribution in [1.29, 1.82) is 0 Å². The van der Waals surface area contributed by atoms with Crippen molar-refractivity contribution in [3.8, 4) is 5.75 Å². The molecular weight excluding hydrogens is 891 g/mol. The lowest BCUT2D eigenvalue weighted by atomic mass is 10.1. The van der Waals surface area contributed by atoms with E-state index in [2.05, 4.69) is 33.0 Å². The van der Waals surface area contributed by atoms with E-state index in [4.69, 9.17) is 10.3 Å². The largest absolute Gasteiger partial charge is 0.505 e. The number of anilines is 1. The Hall–Kier alpha value is -4.60. The van der Waals surface area contributed by atoms with Gasteiger partial charge in [0.2, 0.25) is 0 Å². The van der Waals surface area contributed by atoms with E-state index in [1.54, 1.807) is 0 Å². The van der Waals surface area contributed by atoms with Crippen molar-refractivity contribution in [2.45, 2.75) is 19.6 Å². The summed E-state index contributed by atoms with van der Waals surface area (Å²) in [6.45, 7) is -1.69. The van der Waals surface area contributed by atoms with Crippen LogP contribution in [0.1, 0.15) is 0 Å². The maximum absolute atomic E-state index is 12.6. The summed E-state index contributed by atoms with van der Waals surface area (Å²) >= 11 is 0. The molecule has 0 aromatic heterocycles. The Kier molecular flexibility index (Phi) is 13.2. The van der Waals surface area contributed by atoms with Gasteiger partial charge in [0.1, 0.15) is 21.2 Å². The minimum Gasteiger partial charge on any atom is -0.505 e. The molecule has 0 amide bonds. The van der Waals surface area contributed by atoms with Crippen LogP contribution >= 0.6 is 0 Å². The van der Waals surface area contributed by atoms with Crippen molar-refractivity contribution >= 4 is 99.9 Å². The zero-order valence-electron chi connectivity index (χ0n) is 28.3. The second-order valence-electron chi connectivity index (χ2n) is 10.9. The highest BCUT2D eigenvalue weighted by molar-refractivity contribution is 7.91. The zero-order chi connectivity index (χ0) is 42.8. The normalized spacial score (nSPS) is 13.5. The predicted octanol–water partition coefficient (Wildman–Crippen LogP) is 2.73. The molecule has 0 aliphatic carbocycles. The molecular formula is C27H27N5O19S6. The fourth-order valence-electron chi connectivity index (χ4n) is 4.54. The van der Waals surface area contributed by atoms with Crippen LogP contribution in [-0.4, -0.2) is 101 Å². The summed E-state index contributed by atoms with van der Waals surface area (Å²) in [6.07, 6.45) is 0. The highest BCUT2D eigenvalue weighted by Crippen LogP contribution is 2.48. The molecule has 30 heteroatoms. The minimum atomic E-state index is -5.28. The van der Waals surface area contributed by atoms with Crippen LogP contribution in [0.25, 0.3) is 10.8 Å². The lowest BCUT2D eigenvalue weighted by molar-refractivity contribution is 0.255. The lowest BCUT2D eigenvalue weighted by Crippen LogP contribution is -2.16. The van der Waals surface area contributed by atoms with Crippen LogP contribution in [0.4, 0.5) is 28.4 Å². The molecule has 0 aliphatic heterocycles. The predicted molar refractivity (Wildman–Crippen MR) is 194 cm³/mol. The molecule has 0 fully saturated rings. The van der Waals surface area contributed by atoms with E-state index in [1.807, 2.05) is 0 Å². The van der Waals surface area contributed by atoms with Gasteiger partial charge in [0.05, 0.1) is 64.1 Å².